The van der Waals surface area contributed by atoms with Crippen molar-refractivity contribution in [2.45, 2.75) is 56.9 Å². The van der Waals surface area contributed by atoms with Crippen molar-refractivity contribution in [3.63, 3.8) is 0 Å². The molecule has 0 unspecified atom stereocenters. The van der Waals surface area contributed by atoms with Crippen LogP contribution in [0.15, 0.2) is 29.2 Å². The average Bonchev–Trinajstić information content (AvgIpc) is 3.25. The Balaban J connectivity index is 1.52. The molecule has 0 spiro atoms. The summed E-state index contributed by atoms with van der Waals surface area (Å²) in [5.41, 5.74) is 0.220. The van der Waals surface area contributed by atoms with E-state index >= 15 is 0 Å². The highest BCUT2D eigenvalue weighted by Crippen LogP contribution is 2.29. The molecule has 1 N–H and O–H groups in total. The molecule has 1 aromatic rings. The quantitative estimate of drug-likeness (QED) is 0.711. The average molecular weight is 423 g/mol. The number of amides is 1. The summed E-state index contributed by atoms with van der Waals surface area (Å²) in [7, 11) is -3.52. The highest BCUT2D eigenvalue weighted by Gasteiger charge is 2.29. The molecule has 0 bridgehead atoms. The molecule has 0 aromatic heterocycles. The Hall–Kier alpha value is -1.93. The molecule has 2 aliphatic rings. The van der Waals surface area contributed by atoms with Gasteiger partial charge in [0.05, 0.1) is 10.5 Å². The number of sulfonamides is 1. The summed E-state index contributed by atoms with van der Waals surface area (Å²) in [6.45, 7) is 5.04. The number of ether oxygens (including phenoxy) is 1. The molecular weight excluding hydrogens is 392 g/mol. The lowest BCUT2D eigenvalue weighted by atomic mass is 9.78. The van der Waals surface area contributed by atoms with Crippen molar-refractivity contribution in [2.75, 3.05) is 19.7 Å². The summed E-state index contributed by atoms with van der Waals surface area (Å²) >= 11 is 0. The highest BCUT2D eigenvalue weighted by atomic mass is 32.2. The Labute approximate surface area is 172 Å². The molecule has 29 heavy (non-hydrogen) atoms. The Morgan fingerprint density at radius 1 is 1.07 bits per heavy atom. The van der Waals surface area contributed by atoms with E-state index in [-0.39, 0.29) is 29.0 Å². The second-order valence-corrected chi connectivity index (χ2v) is 10.1. The molecule has 0 radical (unpaired) electrons. The van der Waals surface area contributed by atoms with Crippen LogP contribution in [0.1, 0.15) is 56.3 Å². The monoisotopic (exact) mass is 422 g/mol. The zero-order chi connectivity index (χ0) is 21.0. The standard InChI is InChI=1S/C21H30N2O5S/c1-15-6-5-7-19(16(15)2)22-20(24)14-28-21(25)17-8-10-18(11-9-17)29(26,27)23-12-3-4-13-23/h8-11,15-16,19H,3-7,12-14H2,1-2H3,(H,22,24)/t15-,16+,19-/m0/s1. The molecular formula is C21H30N2O5S. The molecule has 7 nitrogen and oxygen atoms in total. The molecule has 1 aliphatic carbocycles. The van der Waals surface area contributed by atoms with Gasteiger partial charge in [0, 0.05) is 19.1 Å². The largest absolute Gasteiger partial charge is 0.452 e. The SMILES string of the molecule is C[C@H]1[C@@H](NC(=O)COC(=O)c2ccc(S(=O)(=O)N3CCCC3)cc2)CCC[C@@H]1C. The number of esters is 1. The van der Waals surface area contributed by atoms with E-state index in [0.717, 1.165) is 25.7 Å². The number of rotatable bonds is 6. The van der Waals surface area contributed by atoms with Crippen LogP contribution in [0.2, 0.25) is 0 Å². The Bertz CT molecular complexity index is 831. The maximum absolute atomic E-state index is 12.5. The van der Waals surface area contributed by atoms with E-state index < -0.39 is 16.0 Å². The van der Waals surface area contributed by atoms with Gasteiger partial charge in [-0.3, -0.25) is 4.79 Å². The van der Waals surface area contributed by atoms with Crippen molar-refractivity contribution in [1.29, 1.82) is 0 Å². The molecule has 1 saturated carbocycles. The number of hydrogen-bond acceptors (Lipinski definition) is 5. The van der Waals surface area contributed by atoms with Crippen molar-refractivity contribution in [2.24, 2.45) is 11.8 Å². The van der Waals surface area contributed by atoms with E-state index in [1.807, 2.05) is 0 Å². The summed E-state index contributed by atoms with van der Waals surface area (Å²) in [6.07, 6.45) is 4.93. The fourth-order valence-corrected chi connectivity index (χ4v) is 5.61. The summed E-state index contributed by atoms with van der Waals surface area (Å²) in [4.78, 5) is 24.5. The summed E-state index contributed by atoms with van der Waals surface area (Å²) < 4.78 is 31.6. The van der Waals surface area contributed by atoms with Gasteiger partial charge in [0.15, 0.2) is 6.61 Å². The van der Waals surface area contributed by atoms with E-state index in [1.54, 1.807) is 0 Å². The highest BCUT2D eigenvalue weighted by molar-refractivity contribution is 7.89. The molecule has 2 fully saturated rings. The molecule has 160 valence electrons. The topological polar surface area (TPSA) is 92.8 Å². The summed E-state index contributed by atoms with van der Waals surface area (Å²) in [6, 6.07) is 5.78. The first-order valence-corrected chi connectivity index (χ1v) is 11.8. The smallest absolute Gasteiger partial charge is 0.338 e. The van der Waals surface area contributed by atoms with Gasteiger partial charge in [-0.2, -0.15) is 4.31 Å². The number of nitrogens with zero attached hydrogens (tertiary/aromatic N) is 1. The number of benzene rings is 1. The van der Waals surface area contributed by atoms with Crippen LogP contribution in [0, 0.1) is 11.8 Å². The Morgan fingerprint density at radius 2 is 1.72 bits per heavy atom. The van der Waals surface area contributed by atoms with E-state index in [4.69, 9.17) is 4.74 Å². The van der Waals surface area contributed by atoms with Crippen molar-refractivity contribution < 1.29 is 22.7 Å². The van der Waals surface area contributed by atoms with Crippen LogP contribution in [0.4, 0.5) is 0 Å². The molecule has 3 atom stereocenters. The summed E-state index contributed by atoms with van der Waals surface area (Å²) in [5.74, 6) is 0.00770. The van der Waals surface area contributed by atoms with Gasteiger partial charge in [-0.05, 0) is 55.4 Å². The van der Waals surface area contributed by atoms with Crippen LogP contribution in [-0.4, -0.2) is 50.3 Å². The fraction of sp³-hybridized carbons (Fsp3) is 0.619. The summed E-state index contributed by atoms with van der Waals surface area (Å²) in [5, 5.41) is 2.97. The molecule has 1 aliphatic heterocycles. The van der Waals surface area contributed by atoms with Gasteiger partial charge in [-0.15, -0.1) is 0 Å². The maximum Gasteiger partial charge on any atom is 0.338 e. The molecule has 1 amide bonds. The zero-order valence-electron chi connectivity index (χ0n) is 17.1. The third-order valence-corrected chi connectivity index (χ3v) is 8.09. The third kappa shape index (κ3) is 5.17. The molecule has 3 rings (SSSR count). The van der Waals surface area contributed by atoms with Crippen molar-refractivity contribution in [3.05, 3.63) is 29.8 Å². The zero-order valence-corrected chi connectivity index (χ0v) is 17.9. The van der Waals surface area contributed by atoms with E-state index in [2.05, 4.69) is 19.2 Å². The molecule has 1 aromatic carbocycles. The van der Waals surface area contributed by atoms with Crippen LogP contribution in [0.3, 0.4) is 0 Å². The number of hydrogen-bond donors (Lipinski definition) is 1. The van der Waals surface area contributed by atoms with Crippen molar-refractivity contribution in [3.8, 4) is 0 Å². The molecule has 1 heterocycles. The van der Waals surface area contributed by atoms with Gasteiger partial charge in [-0.25, -0.2) is 13.2 Å². The molecule has 8 heteroatoms. The van der Waals surface area contributed by atoms with E-state index in [0.29, 0.717) is 24.9 Å². The second kappa shape index (κ2) is 9.26. The van der Waals surface area contributed by atoms with E-state index in [9.17, 15) is 18.0 Å². The third-order valence-electron chi connectivity index (χ3n) is 6.18. The Kier molecular flexibility index (Phi) is 6.95. The van der Waals surface area contributed by atoms with E-state index in [1.165, 1.54) is 35.0 Å². The normalized spacial score (nSPS) is 25.5. The predicted molar refractivity (Wildman–Crippen MR) is 109 cm³/mol. The van der Waals surface area contributed by atoms with Crippen molar-refractivity contribution >= 4 is 21.9 Å². The number of nitrogens with one attached hydrogen (secondary N) is 1. The van der Waals surface area contributed by atoms with Crippen LogP contribution in [0.25, 0.3) is 0 Å². The lowest BCUT2D eigenvalue weighted by Crippen LogP contribution is -2.45. The minimum Gasteiger partial charge on any atom is -0.452 e. The number of carbonyl (C=O) groups is 2. The lowest BCUT2D eigenvalue weighted by Gasteiger charge is -2.34. The van der Waals surface area contributed by atoms with Gasteiger partial charge in [0.2, 0.25) is 10.0 Å². The van der Waals surface area contributed by atoms with Crippen molar-refractivity contribution in [1.82, 2.24) is 9.62 Å². The first kappa shape index (κ1) is 21.8. The van der Waals surface area contributed by atoms with Gasteiger partial charge < -0.3 is 10.1 Å². The second-order valence-electron chi connectivity index (χ2n) is 8.15. The predicted octanol–water partition coefficient (Wildman–Crippen LogP) is 2.57. The van der Waals surface area contributed by atoms with Gasteiger partial charge in [-0.1, -0.05) is 26.7 Å². The first-order chi connectivity index (χ1) is 13.8. The van der Waals surface area contributed by atoms with Crippen LogP contribution >= 0.6 is 0 Å². The first-order valence-electron chi connectivity index (χ1n) is 10.4. The van der Waals surface area contributed by atoms with Crippen LogP contribution in [-0.2, 0) is 19.6 Å². The molecule has 1 saturated heterocycles. The van der Waals surface area contributed by atoms with Crippen LogP contribution < -0.4 is 5.32 Å². The maximum atomic E-state index is 12.5. The van der Waals surface area contributed by atoms with Crippen LogP contribution in [0.5, 0.6) is 0 Å². The van der Waals surface area contributed by atoms with Gasteiger partial charge in [0.1, 0.15) is 0 Å². The lowest BCUT2D eigenvalue weighted by molar-refractivity contribution is -0.125. The fourth-order valence-electron chi connectivity index (χ4n) is 4.09. The Morgan fingerprint density at radius 3 is 2.38 bits per heavy atom. The number of carbonyl (C=O) groups excluding carboxylic acids is 2. The van der Waals surface area contributed by atoms with Gasteiger partial charge in [0.25, 0.3) is 5.91 Å². The van der Waals surface area contributed by atoms with Gasteiger partial charge >= 0.3 is 5.97 Å². The minimum atomic E-state index is -3.52. The minimum absolute atomic E-state index is 0.111.